The fraction of sp³-hybridized carbons (Fsp3) is 0.353. The van der Waals surface area contributed by atoms with Gasteiger partial charge < -0.3 is 14.7 Å². The fourth-order valence-electron chi connectivity index (χ4n) is 2.58. The maximum absolute atomic E-state index is 12.6. The average molecular weight is 381 g/mol. The van der Waals surface area contributed by atoms with E-state index in [1.807, 2.05) is 13.0 Å². The van der Waals surface area contributed by atoms with Crippen LogP contribution in [0, 0.1) is 6.92 Å². The topological polar surface area (TPSA) is 75.8 Å². The highest BCUT2D eigenvalue weighted by atomic mass is 19.4. The maximum Gasteiger partial charge on any atom is 0.416 e. The Morgan fingerprint density at radius 3 is 2.63 bits per heavy atom. The van der Waals surface area contributed by atoms with Crippen LogP contribution in [0.25, 0.3) is 5.78 Å². The highest BCUT2D eigenvalue weighted by molar-refractivity contribution is 5.46. The number of hydrogen-bond donors (Lipinski definition) is 1. The summed E-state index contributed by atoms with van der Waals surface area (Å²) in [6, 6.07) is 6.14. The molecule has 0 radical (unpaired) electrons. The van der Waals surface area contributed by atoms with E-state index in [0.29, 0.717) is 11.6 Å². The van der Waals surface area contributed by atoms with Gasteiger partial charge in [-0.1, -0.05) is 0 Å². The van der Waals surface area contributed by atoms with Crippen LogP contribution in [0.5, 0.6) is 5.75 Å². The smallest absolute Gasteiger partial charge is 0.416 e. The van der Waals surface area contributed by atoms with Gasteiger partial charge in [-0.05, 0) is 31.2 Å². The second kappa shape index (κ2) is 7.39. The number of likely N-dealkylation sites (N-methyl/N-ethyl adjacent to an activating group) is 1. The number of aromatic nitrogens is 4. The Bertz CT molecular complexity index is 911. The number of halogens is 3. The van der Waals surface area contributed by atoms with Crippen LogP contribution < -0.4 is 9.64 Å². The molecule has 10 heteroatoms. The van der Waals surface area contributed by atoms with Crippen molar-refractivity contribution in [2.75, 3.05) is 25.1 Å². The molecule has 0 aliphatic heterocycles. The van der Waals surface area contributed by atoms with E-state index in [9.17, 15) is 18.3 Å². The lowest BCUT2D eigenvalue weighted by Gasteiger charge is -2.23. The Labute approximate surface area is 153 Å². The van der Waals surface area contributed by atoms with E-state index in [-0.39, 0.29) is 18.9 Å². The van der Waals surface area contributed by atoms with E-state index in [1.54, 1.807) is 16.5 Å². The first kappa shape index (κ1) is 18.9. The number of fused-ring (bicyclic) bond motifs is 1. The molecule has 0 spiro atoms. The SMILES string of the molecule is Cc1cc(N(C)CC(O)COc2ccc(C(F)(F)F)cc2)n2ncnc2n1. The number of aryl methyl sites for hydroxylation is 1. The standard InChI is InChI=1S/C17H18F3N5O2/c1-11-7-15(25-16(23-11)21-10-22-25)24(2)8-13(26)9-27-14-5-3-12(4-6-14)17(18,19)20/h3-7,10,13,26H,8-9H2,1-2H3. The summed E-state index contributed by atoms with van der Waals surface area (Å²) < 4.78 is 44.6. The zero-order valence-corrected chi connectivity index (χ0v) is 14.7. The van der Waals surface area contributed by atoms with Gasteiger partial charge in [-0.2, -0.15) is 27.8 Å². The molecular weight excluding hydrogens is 363 g/mol. The molecule has 3 rings (SSSR count). The molecule has 1 unspecified atom stereocenters. The van der Waals surface area contributed by atoms with Crippen LogP contribution in [0.2, 0.25) is 0 Å². The molecule has 0 saturated heterocycles. The van der Waals surface area contributed by atoms with E-state index in [0.717, 1.165) is 17.8 Å². The van der Waals surface area contributed by atoms with Crippen LogP contribution in [-0.4, -0.2) is 51.0 Å². The molecule has 2 aromatic heterocycles. The summed E-state index contributed by atoms with van der Waals surface area (Å²) in [5.74, 6) is 1.40. The second-order valence-electron chi connectivity index (χ2n) is 6.10. The third-order valence-electron chi connectivity index (χ3n) is 3.86. The van der Waals surface area contributed by atoms with Crippen molar-refractivity contribution < 1.29 is 23.0 Å². The minimum atomic E-state index is -4.39. The first-order chi connectivity index (χ1) is 12.7. The third-order valence-corrected chi connectivity index (χ3v) is 3.86. The van der Waals surface area contributed by atoms with Gasteiger partial charge in [0, 0.05) is 25.4 Å². The predicted molar refractivity (Wildman–Crippen MR) is 91.7 cm³/mol. The van der Waals surface area contributed by atoms with Crippen LogP contribution in [0.15, 0.2) is 36.7 Å². The van der Waals surface area contributed by atoms with Gasteiger partial charge in [-0.25, -0.2) is 4.98 Å². The van der Waals surface area contributed by atoms with Crippen molar-refractivity contribution in [2.24, 2.45) is 0 Å². The lowest BCUT2D eigenvalue weighted by Crippen LogP contribution is -2.34. The fourth-order valence-corrected chi connectivity index (χ4v) is 2.58. The summed E-state index contributed by atoms with van der Waals surface area (Å²) in [5, 5.41) is 14.3. The van der Waals surface area contributed by atoms with Crippen molar-refractivity contribution in [3.8, 4) is 5.75 Å². The highest BCUT2D eigenvalue weighted by Crippen LogP contribution is 2.30. The molecule has 0 amide bonds. The van der Waals surface area contributed by atoms with Crippen molar-refractivity contribution in [1.82, 2.24) is 19.6 Å². The molecule has 144 valence electrons. The Balaban J connectivity index is 1.60. The van der Waals surface area contributed by atoms with Crippen LogP contribution >= 0.6 is 0 Å². The molecule has 1 N–H and O–H groups in total. The molecule has 1 aromatic carbocycles. The first-order valence-corrected chi connectivity index (χ1v) is 8.10. The number of ether oxygens (including phenoxy) is 1. The molecule has 7 nitrogen and oxygen atoms in total. The van der Waals surface area contributed by atoms with Crippen LogP contribution in [0.1, 0.15) is 11.3 Å². The van der Waals surface area contributed by atoms with Crippen molar-refractivity contribution in [3.63, 3.8) is 0 Å². The number of rotatable bonds is 6. The number of hydrogen-bond acceptors (Lipinski definition) is 6. The Kier molecular flexibility index (Phi) is 5.17. The van der Waals surface area contributed by atoms with Gasteiger partial charge in [0.2, 0.25) is 0 Å². The summed E-state index contributed by atoms with van der Waals surface area (Å²) in [6.07, 6.45) is -3.87. The van der Waals surface area contributed by atoms with Gasteiger partial charge >= 0.3 is 6.18 Å². The van der Waals surface area contributed by atoms with Gasteiger partial charge in [0.1, 0.15) is 30.6 Å². The number of aliphatic hydroxyl groups excluding tert-OH is 1. The van der Waals surface area contributed by atoms with Gasteiger partial charge in [0.05, 0.1) is 5.56 Å². The quantitative estimate of drug-likeness (QED) is 0.706. The van der Waals surface area contributed by atoms with Gasteiger partial charge in [-0.3, -0.25) is 0 Å². The second-order valence-corrected chi connectivity index (χ2v) is 6.10. The Morgan fingerprint density at radius 1 is 1.26 bits per heavy atom. The van der Waals surface area contributed by atoms with Gasteiger partial charge in [-0.15, -0.1) is 0 Å². The molecule has 27 heavy (non-hydrogen) atoms. The lowest BCUT2D eigenvalue weighted by molar-refractivity contribution is -0.137. The number of benzene rings is 1. The van der Waals surface area contributed by atoms with E-state index >= 15 is 0 Å². The number of anilines is 1. The van der Waals surface area contributed by atoms with E-state index in [2.05, 4.69) is 15.1 Å². The largest absolute Gasteiger partial charge is 0.491 e. The summed E-state index contributed by atoms with van der Waals surface area (Å²) in [6.45, 7) is 1.98. The summed E-state index contributed by atoms with van der Waals surface area (Å²) in [5.41, 5.74) is 0.00730. The van der Waals surface area contributed by atoms with Crippen LogP contribution in [0.3, 0.4) is 0 Å². The molecule has 3 aromatic rings. The molecule has 1 atom stereocenters. The van der Waals surface area contributed by atoms with E-state index in [1.165, 1.54) is 18.5 Å². The van der Waals surface area contributed by atoms with E-state index in [4.69, 9.17) is 4.74 Å². The summed E-state index contributed by atoms with van der Waals surface area (Å²) in [7, 11) is 1.78. The normalized spacial score (nSPS) is 13.0. The highest BCUT2D eigenvalue weighted by Gasteiger charge is 2.30. The first-order valence-electron chi connectivity index (χ1n) is 8.10. The van der Waals surface area contributed by atoms with Crippen molar-refractivity contribution >= 4 is 11.6 Å². The van der Waals surface area contributed by atoms with Crippen LogP contribution in [-0.2, 0) is 6.18 Å². The average Bonchev–Trinajstić information content (AvgIpc) is 3.07. The number of alkyl halides is 3. The number of aliphatic hydroxyl groups is 1. The maximum atomic E-state index is 12.6. The van der Waals surface area contributed by atoms with Crippen molar-refractivity contribution in [1.29, 1.82) is 0 Å². The molecule has 0 aliphatic carbocycles. The molecule has 0 fully saturated rings. The minimum absolute atomic E-state index is 0.0692. The molecule has 0 aliphatic rings. The van der Waals surface area contributed by atoms with Gasteiger partial charge in [0.25, 0.3) is 5.78 Å². The zero-order chi connectivity index (χ0) is 19.6. The van der Waals surface area contributed by atoms with Crippen molar-refractivity contribution in [2.45, 2.75) is 19.2 Å². The molecule has 0 bridgehead atoms. The van der Waals surface area contributed by atoms with Gasteiger partial charge in [0.15, 0.2) is 0 Å². The number of nitrogens with zero attached hydrogens (tertiary/aromatic N) is 5. The summed E-state index contributed by atoms with van der Waals surface area (Å²) >= 11 is 0. The lowest BCUT2D eigenvalue weighted by atomic mass is 10.2. The molecule has 2 heterocycles. The Morgan fingerprint density at radius 2 is 1.96 bits per heavy atom. The van der Waals surface area contributed by atoms with Crippen molar-refractivity contribution in [3.05, 3.63) is 47.9 Å². The molecular formula is C17H18F3N5O2. The zero-order valence-electron chi connectivity index (χ0n) is 14.7. The minimum Gasteiger partial charge on any atom is -0.491 e. The molecule has 0 saturated carbocycles. The third kappa shape index (κ3) is 4.45. The Hall–Kier alpha value is -2.88. The summed E-state index contributed by atoms with van der Waals surface area (Å²) in [4.78, 5) is 10.1. The van der Waals surface area contributed by atoms with E-state index < -0.39 is 17.8 Å². The monoisotopic (exact) mass is 381 g/mol. The van der Waals surface area contributed by atoms with Crippen LogP contribution in [0.4, 0.5) is 19.0 Å². The predicted octanol–water partition coefficient (Wildman–Crippen LogP) is 2.33.